The predicted octanol–water partition coefficient (Wildman–Crippen LogP) is 2.58. The van der Waals surface area contributed by atoms with Crippen LogP contribution >= 0.6 is 11.3 Å². The van der Waals surface area contributed by atoms with Gasteiger partial charge in [0.15, 0.2) is 10.9 Å². The minimum atomic E-state index is -0.422. The molecule has 3 rings (SSSR count). The Kier molecular flexibility index (Phi) is 4.24. The number of hydrogen-bond acceptors (Lipinski definition) is 7. The van der Waals surface area contributed by atoms with E-state index in [-0.39, 0.29) is 11.5 Å². The lowest BCUT2D eigenvalue weighted by atomic mass is 10.1. The maximum Gasteiger partial charge on any atom is 0.293 e. The number of nitro groups is 1. The summed E-state index contributed by atoms with van der Waals surface area (Å²) >= 11 is 1.59. The third-order valence-electron chi connectivity index (χ3n) is 3.89. The fourth-order valence-electron chi connectivity index (χ4n) is 2.67. The van der Waals surface area contributed by atoms with Gasteiger partial charge in [-0.05, 0) is 19.1 Å². The molecule has 0 bridgehead atoms. The van der Waals surface area contributed by atoms with Crippen molar-refractivity contribution in [1.82, 2.24) is 4.98 Å². The van der Waals surface area contributed by atoms with Crippen LogP contribution in [0.5, 0.6) is 0 Å². The van der Waals surface area contributed by atoms with E-state index in [4.69, 9.17) is 0 Å². The van der Waals surface area contributed by atoms with Gasteiger partial charge in [0.05, 0.1) is 4.92 Å². The number of thiazole rings is 1. The molecule has 0 N–H and O–H groups in total. The molecule has 1 aliphatic heterocycles. The molecule has 2 aromatic rings. The molecule has 1 saturated heterocycles. The number of Topliss-reactive ketones (excluding diaryl/α,β-unsaturated/α-hetero) is 1. The number of carbonyl (C=O) groups is 1. The number of aromatic nitrogens is 1. The zero-order valence-electron chi connectivity index (χ0n) is 12.6. The summed E-state index contributed by atoms with van der Waals surface area (Å²) in [6.45, 7) is 4.30. The molecule has 120 valence electrons. The molecule has 0 atom stereocenters. The van der Waals surface area contributed by atoms with Crippen molar-refractivity contribution >= 4 is 33.6 Å². The summed E-state index contributed by atoms with van der Waals surface area (Å²) in [7, 11) is 0. The molecule has 0 radical (unpaired) electrons. The second-order valence-corrected chi connectivity index (χ2v) is 6.18. The Morgan fingerprint density at radius 3 is 2.52 bits per heavy atom. The summed E-state index contributed by atoms with van der Waals surface area (Å²) in [5.41, 5.74) is 0.918. The molecule has 0 unspecified atom stereocenters. The molecule has 7 nitrogen and oxygen atoms in total. The standard InChI is InChI=1S/C15H16N4O3S/c1-11(20)12-2-3-13(14(10-12)19(21)22)17-5-7-18(8-6-17)15-16-4-9-23-15/h2-4,9-10H,5-8H2,1H3. The van der Waals surface area contributed by atoms with Gasteiger partial charge in [-0.15, -0.1) is 11.3 Å². The molecular formula is C15H16N4O3S. The second-order valence-electron chi connectivity index (χ2n) is 5.31. The Bertz CT molecular complexity index is 724. The molecule has 0 saturated carbocycles. The van der Waals surface area contributed by atoms with Gasteiger partial charge >= 0.3 is 0 Å². The first-order chi connectivity index (χ1) is 11.1. The molecule has 2 heterocycles. The van der Waals surface area contributed by atoms with E-state index in [1.165, 1.54) is 13.0 Å². The quantitative estimate of drug-likeness (QED) is 0.486. The smallest absolute Gasteiger partial charge is 0.293 e. The van der Waals surface area contributed by atoms with Crippen molar-refractivity contribution in [3.63, 3.8) is 0 Å². The maximum atomic E-state index is 11.4. The van der Waals surface area contributed by atoms with Crippen LogP contribution in [0.1, 0.15) is 17.3 Å². The highest BCUT2D eigenvalue weighted by Gasteiger charge is 2.25. The lowest BCUT2D eigenvalue weighted by Gasteiger charge is -2.35. The van der Waals surface area contributed by atoms with E-state index in [0.717, 1.165) is 18.2 Å². The predicted molar refractivity (Wildman–Crippen MR) is 89.6 cm³/mol. The van der Waals surface area contributed by atoms with Gasteiger partial charge in [-0.3, -0.25) is 14.9 Å². The molecule has 0 aliphatic carbocycles. The highest BCUT2D eigenvalue weighted by atomic mass is 32.1. The lowest BCUT2D eigenvalue weighted by Crippen LogP contribution is -2.46. The van der Waals surface area contributed by atoms with Gasteiger partial charge in [-0.2, -0.15) is 0 Å². The number of anilines is 2. The summed E-state index contributed by atoms with van der Waals surface area (Å²) in [5, 5.41) is 14.3. The summed E-state index contributed by atoms with van der Waals surface area (Å²) in [6, 6.07) is 4.69. The molecule has 23 heavy (non-hydrogen) atoms. The van der Waals surface area contributed by atoms with Gasteiger partial charge in [0.2, 0.25) is 0 Å². The van der Waals surface area contributed by atoms with E-state index in [2.05, 4.69) is 9.88 Å². The highest BCUT2D eigenvalue weighted by Crippen LogP contribution is 2.31. The lowest BCUT2D eigenvalue weighted by molar-refractivity contribution is -0.384. The molecule has 1 fully saturated rings. The summed E-state index contributed by atoms with van der Waals surface area (Å²) in [6.07, 6.45) is 1.78. The highest BCUT2D eigenvalue weighted by molar-refractivity contribution is 7.13. The molecule has 1 aliphatic rings. The maximum absolute atomic E-state index is 11.4. The average molecular weight is 332 g/mol. The van der Waals surface area contributed by atoms with Crippen molar-refractivity contribution in [2.24, 2.45) is 0 Å². The van der Waals surface area contributed by atoms with Crippen LogP contribution in [0.3, 0.4) is 0 Å². The molecule has 0 spiro atoms. The van der Waals surface area contributed by atoms with E-state index >= 15 is 0 Å². The number of hydrogen-bond donors (Lipinski definition) is 0. The van der Waals surface area contributed by atoms with Crippen molar-refractivity contribution in [2.75, 3.05) is 36.0 Å². The van der Waals surface area contributed by atoms with Crippen LogP contribution in [0.2, 0.25) is 0 Å². The third kappa shape index (κ3) is 3.16. The number of nitro benzene ring substituents is 1. The topological polar surface area (TPSA) is 79.6 Å². The van der Waals surface area contributed by atoms with Gasteiger partial charge in [0, 0.05) is 49.4 Å². The van der Waals surface area contributed by atoms with Crippen molar-refractivity contribution in [3.05, 3.63) is 45.5 Å². The molecule has 8 heteroatoms. The van der Waals surface area contributed by atoms with Crippen LogP contribution in [-0.2, 0) is 0 Å². The first-order valence-electron chi connectivity index (χ1n) is 7.25. The van der Waals surface area contributed by atoms with E-state index in [1.807, 2.05) is 10.3 Å². The van der Waals surface area contributed by atoms with Crippen molar-refractivity contribution < 1.29 is 9.72 Å². The minimum absolute atomic E-state index is 0.0135. The first-order valence-corrected chi connectivity index (χ1v) is 8.13. The molecule has 0 amide bonds. The number of benzene rings is 1. The van der Waals surface area contributed by atoms with Crippen LogP contribution in [0.25, 0.3) is 0 Å². The van der Waals surface area contributed by atoms with Gasteiger partial charge in [-0.25, -0.2) is 4.98 Å². The van der Waals surface area contributed by atoms with E-state index in [9.17, 15) is 14.9 Å². The monoisotopic (exact) mass is 332 g/mol. The van der Waals surface area contributed by atoms with E-state index in [1.54, 1.807) is 29.7 Å². The largest absolute Gasteiger partial charge is 0.362 e. The van der Waals surface area contributed by atoms with Gasteiger partial charge < -0.3 is 9.80 Å². The van der Waals surface area contributed by atoms with Crippen LogP contribution in [-0.4, -0.2) is 41.9 Å². The number of piperazine rings is 1. The van der Waals surface area contributed by atoms with Crippen LogP contribution in [0.15, 0.2) is 29.8 Å². The fraction of sp³-hybridized carbons (Fsp3) is 0.333. The van der Waals surface area contributed by atoms with E-state index < -0.39 is 4.92 Å². The van der Waals surface area contributed by atoms with Crippen molar-refractivity contribution in [1.29, 1.82) is 0 Å². The van der Waals surface area contributed by atoms with Crippen LogP contribution in [0, 0.1) is 10.1 Å². The zero-order valence-corrected chi connectivity index (χ0v) is 13.5. The normalized spacial score (nSPS) is 14.8. The summed E-state index contributed by atoms with van der Waals surface area (Å²) in [5.74, 6) is -0.173. The van der Waals surface area contributed by atoms with Gasteiger partial charge in [0.1, 0.15) is 5.69 Å². The fourth-order valence-corrected chi connectivity index (χ4v) is 3.36. The summed E-state index contributed by atoms with van der Waals surface area (Å²) < 4.78 is 0. The number of carbonyl (C=O) groups excluding carboxylic acids is 1. The average Bonchev–Trinajstić information content (AvgIpc) is 3.09. The Morgan fingerprint density at radius 2 is 1.96 bits per heavy atom. The SMILES string of the molecule is CC(=O)c1ccc(N2CCN(c3nccs3)CC2)c([N+](=O)[O-])c1. The Morgan fingerprint density at radius 1 is 1.26 bits per heavy atom. The minimum Gasteiger partial charge on any atom is -0.362 e. The second kappa shape index (κ2) is 6.33. The number of ketones is 1. The van der Waals surface area contributed by atoms with Crippen molar-refractivity contribution in [2.45, 2.75) is 6.92 Å². The molecular weight excluding hydrogens is 316 g/mol. The van der Waals surface area contributed by atoms with Gasteiger partial charge in [0.25, 0.3) is 5.69 Å². The first kappa shape index (κ1) is 15.4. The van der Waals surface area contributed by atoms with E-state index in [0.29, 0.717) is 24.3 Å². The number of nitrogens with zero attached hydrogens (tertiary/aromatic N) is 4. The Hall–Kier alpha value is -2.48. The summed E-state index contributed by atoms with van der Waals surface area (Å²) in [4.78, 5) is 30.8. The Labute approximate surface area is 137 Å². The Balaban J connectivity index is 1.80. The van der Waals surface area contributed by atoms with Crippen molar-refractivity contribution in [3.8, 4) is 0 Å². The third-order valence-corrected chi connectivity index (χ3v) is 4.72. The zero-order chi connectivity index (χ0) is 16.4. The molecule has 1 aromatic carbocycles. The molecule has 1 aromatic heterocycles. The van der Waals surface area contributed by atoms with Crippen LogP contribution < -0.4 is 9.80 Å². The van der Waals surface area contributed by atoms with Crippen LogP contribution in [0.4, 0.5) is 16.5 Å². The number of rotatable bonds is 4. The van der Waals surface area contributed by atoms with Gasteiger partial charge in [-0.1, -0.05) is 0 Å².